The van der Waals surface area contributed by atoms with Crippen LogP contribution in [0.3, 0.4) is 0 Å². The highest BCUT2D eigenvalue weighted by molar-refractivity contribution is 5.96. The number of Topliss-reactive ketones (excluding diaryl/α,β-unsaturated/α-hetero) is 1. The molecule has 3 rings (SSSR count). The Morgan fingerprint density at radius 2 is 1.58 bits per heavy atom. The predicted octanol–water partition coefficient (Wildman–Crippen LogP) is 5.80. The summed E-state index contributed by atoms with van der Waals surface area (Å²) < 4.78 is 43.8. The summed E-state index contributed by atoms with van der Waals surface area (Å²) in [4.78, 5) is 27.1. The van der Waals surface area contributed by atoms with Crippen molar-refractivity contribution in [2.45, 2.75) is 70.7 Å². The van der Waals surface area contributed by atoms with Crippen molar-refractivity contribution < 1.29 is 32.6 Å². The Hall–Kier alpha value is -2.91. The number of carbonyl (C=O) groups excluding carboxylic acids is 2. The van der Waals surface area contributed by atoms with E-state index in [4.69, 9.17) is 4.74 Å². The van der Waals surface area contributed by atoms with Gasteiger partial charge in [0.25, 0.3) is 0 Å². The maximum Gasteiger partial charge on any atom is 0.416 e. The number of aliphatic hydroxyl groups excluding tert-OH is 1. The number of methoxy groups -OCH3 is 1. The van der Waals surface area contributed by atoms with Crippen LogP contribution in [0.5, 0.6) is 5.75 Å². The van der Waals surface area contributed by atoms with Crippen LogP contribution in [0.4, 0.5) is 13.2 Å². The zero-order valence-corrected chi connectivity index (χ0v) is 21.1. The highest BCUT2D eigenvalue weighted by Crippen LogP contribution is 2.30. The van der Waals surface area contributed by atoms with E-state index in [0.717, 1.165) is 38.1 Å². The smallest absolute Gasteiger partial charge is 0.416 e. The molecule has 1 amide bonds. The maximum absolute atomic E-state index is 12.9. The third-order valence-electron chi connectivity index (χ3n) is 6.68. The molecule has 0 radical (unpaired) electrons. The molecule has 0 unspecified atom stereocenters. The summed E-state index contributed by atoms with van der Waals surface area (Å²) >= 11 is 0. The Morgan fingerprint density at radius 3 is 2.16 bits per heavy atom. The largest absolute Gasteiger partial charge is 0.497 e. The molecule has 1 saturated heterocycles. The average Bonchev–Trinajstić information content (AvgIpc) is 3.40. The van der Waals surface area contributed by atoms with Gasteiger partial charge in [0.1, 0.15) is 11.9 Å². The Balaban J connectivity index is 0.00000507. The summed E-state index contributed by atoms with van der Waals surface area (Å²) in [6.45, 7) is 2.13. The van der Waals surface area contributed by atoms with E-state index in [9.17, 15) is 27.9 Å². The minimum absolute atomic E-state index is 0. The first-order chi connectivity index (χ1) is 17.7. The lowest BCUT2D eigenvalue weighted by Crippen LogP contribution is -2.46. The number of hydrogen-bond acceptors (Lipinski definition) is 5. The molecule has 2 aromatic carbocycles. The normalized spacial score (nSPS) is 15.4. The van der Waals surface area contributed by atoms with Gasteiger partial charge in [-0.3, -0.25) is 9.59 Å². The monoisotopic (exact) mass is 536 g/mol. The van der Waals surface area contributed by atoms with Gasteiger partial charge in [0.05, 0.1) is 18.7 Å². The van der Waals surface area contributed by atoms with E-state index in [1.807, 2.05) is 0 Å². The van der Waals surface area contributed by atoms with Crippen molar-refractivity contribution in [3.63, 3.8) is 0 Å². The fourth-order valence-electron chi connectivity index (χ4n) is 4.52. The van der Waals surface area contributed by atoms with Crippen LogP contribution in [0.15, 0.2) is 48.5 Å². The van der Waals surface area contributed by atoms with Crippen LogP contribution < -0.4 is 10.1 Å². The number of ether oxygens (including phenoxy) is 1. The topological polar surface area (TPSA) is 78.9 Å². The maximum atomic E-state index is 12.9. The van der Waals surface area contributed by atoms with Crippen LogP contribution in [0.2, 0.25) is 0 Å². The quantitative estimate of drug-likeness (QED) is 0.250. The zero-order valence-electron chi connectivity index (χ0n) is 21.1. The Kier molecular flexibility index (Phi) is 12.3. The van der Waals surface area contributed by atoms with Crippen molar-refractivity contribution in [2.24, 2.45) is 0 Å². The van der Waals surface area contributed by atoms with Crippen LogP contribution in [0, 0.1) is 0 Å². The molecule has 0 aliphatic carbocycles. The number of unbranched alkanes of at least 4 members (excludes halogenated alkanes) is 2. The molecule has 6 nitrogen and oxygen atoms in total. The van der Waals surface area contributed by atoms with Crippen molar-refractivity contribution in [1.29, 1.82) is 0 Å². The summed E-state index contributed by atoms with van der Waals surface area (Å²) in [5, 5.41) is 13.8. The first-order valence-electron chi connectivity index (χ1n) is 12.7. The zero-order chi connectivity index (χ0) is 26.8. The van der Waals surface area contributed by atoms with E-state index in [-0.39, 0.29) is 25.5 Å². The van der Waals surface area contributed by atoms with Crippen molar-refractivity contribution in [3.05, 3.63) is 65.2 Å². The molecule has 0 spiro atoms. The number of aliphatic hydroxyl groups is 1. The molecule has 38 heavy (non-hydrogen) atoms. The number of likely N-dealkylation sites (tertiary alicyclic amines) is 1. The molecule has 0 aromatic heterocycles. The minimum atomic E-state index is -4.45. The standard InChI is InChI=1S/C28H35F3N2O4.CH4/c1-37-23-15-11-20(12-16-23)25(34)7-3-2-4-8-26(35)32-24(19-33-17-5-6-18-33)27(36)21-9-13-22(14-10-21)28(29,30)31;/h9-16,24,27,36H,2-8,17-19H2,1H3,(H,32,35);1H4/t24-,27-;/m1./s1. The van der Waals surface area contributed by atoms with Crippen LogP contribution in [-0.2, 0) is 11.0 Å². The fourth-order valence-corrected chi connectivity index (χ4v) is 4.52. The molecule has 1 aliphatic heterocycles. The van der Waals surface area contributed by atoms with E-state index >= 15 is 0 Å². The summed E-state index contributed by atoms with van der Waals surface area (Å²) in [5.74, 6) is 0.503. The lowest BCUT2D eigenvalue weighted by atomic mass is 9.99. The van der Waals surface area contributed by atoms with Gasteiger partial charge in [0.2, 0.25) is 5.91 Å². The third kappa shape index (κ3) is 9.44. The molecular formula is C29H39F3N2O4. The van der Waals surface area contributed by atoms with Gasteiger partial charge in [-0.15, -0.1) is 0 Å². The van der Waals surface area contributed by atoms with Gasteiger partial charge in [-0.05, 0) is 80.7 Å². The van der Waals surface area contributed by atoms with E-state index in [1.54, 1.807) is 31.4 Å². The van der Waals surface area contributed by atoms with Crippen LogP contribution in [-0.4, -0.2) is 54.5 Å². The molecule has 2 aromatic rings. The third-order valence-corrected chi connectivity index (χ3v) is 6.68. The van der Waals surface area contributed by atoms with Gasteiger partial charge >= 0.3 is 6.18 Å². The van der Waals surface area contributed by atoms with Crippen LogP contribution in [0.1, 0.15) is 80.0 Å². The molecule has 1 heterocycles. The minimum Gasteiger partial charge on any atom is -0.497 e. The van der Waals surface area contributed by atoms with Gasteiger partial charge < -0.3 is 20.1 Å². The van der Waals surface area contributed by atoms with E-state index in [2.05, 4.69) is 10.2 Å². The van der Waals surface area contributed by atoms with Gasteiger partial charge in [-0.1, -0.05) is 26.0 Å². The summed E-state index contributed by atoms with van der Waals surface area (Å²) in [5.41, 5.74) is 0.171. The van der Waals surface area contributed by atoms with Gasteiger partial charge in [-0.25, -0.2) is 0 Å². The molecule has 2 atom stereocenters. The molecular weight excluding hydrogens is 497 g/mol. The van der Waals surface area contributed by atoms with E-state index in [0.29, 0.717) is 49.1 Å². The summed E-state index contributed by atoms with van der Waals surface area (Å²) in [6, 6.07) is 10.7. The van der Waals surface area contributed by atoms with Crippen LogP contribution in [0.25, 0.3) is 0 Å². The number of nitrogens with zero attached hydrogens (tertiary/aromatic N) is 1. The average molecular weight is 537 g/mol. The number of nitrogens with one attached hydrogen (secondary N) is 1. The number of hydrogen-bond donors (Lipinski definition) is 2. The Bertz CT molecular complexity index is 1000. The number of ketones is 1. The summed E-state index contributed by atoms with van der Waals surface area (Å²) in [6.07, 6.45) is -0.935. The molecule has 2 N–H and O–H groups in total. The van der Waals surface area contributed by atoms with Gasteiger partial charge in [0, 0.05) is 24.9 Å². The molecule has 0 bridgehead atoms. The molecule has 1 aliphatic rings. The Labute approximate surface area is 223 Å². The van der Waals surface area contributed by atoms with Crippen LogP contribution >= 0.6 is 0 Å². The molecule has 1 fully saturated rings. The highest BCUT2D eigenvalue weighted by atomic mass is 19.4. The first-order valence-corrected chi connectivity index (χ1v) is 12.7. The second kappa shape index (κ2) is 14.9. The highest BCUT2D eigenvalue weighted by Gasteiger charge is 2.31. The fraction of sp³-hybridized carbons (Fsp3) is 0.517. The van der Waals surface area contributed by atoms with E-state index < -0.39 is 23.9 Å². The van der Waals surface area contributed by atoms with Crippen molar-refractivity contribution >= 4 is 11.7 Å². The van der Waals surface area contributed by atoms with Crippen molar-refractivity contribution in [1.82, 2.24) is 10.2 Å². The second-order valence-electron chi connectivity index (χ2n) is 9.46. The number of benzene rings is 2. The van der Waals surface area contributed by atoms with Crippen molar-refractivity contribution in [3.8, 4) is 5.75 Å². The molecule has 210 valence electrons. The summed E-state index contributed by atoms with van der Waals surface area (Å²) in [7, 11) is 1.57. The van der Waals surface area contributed by atoms with E-state index in [1.165, 1.54) is 12.1 Å². The van der Waals surface area contributed by atoms with Gasteiger partial charge in [0.15, 0.2) is 5.78 Å². The SMILES string of the molecule is C.COc1ccc(C(=O)CCCCCC(=O)N[C@H](CN2CCCC2)[C@H](O)c2ccc(C(F)(F)F)cc2)cc1. The number of rotatable bonds is 13. The number of alkyl halides is 3. The van der Waals surface area contributed by atoms with Crippen molar-refractivity contribution in [2.75, 3.05) is 26.7 Å². The lowest BCUT2D eigenvalue weighted by molar-refractivity contribution is -0.137. The first kappa shape index (κ1) is 31.3. The predicted molar refractivity (Wildman–Crippen MR) is 141 cm³/mol. The Morgan fingerprint density at radius 1 is 0.974 bits per heavy atom. The number of halogens is 3. The number of amides is 1. The second-order valence-corrected chi connectivity index (χ2v) is 9.46. The van der Waals surface area contributed by atoms with Gasteiger partial charge in [-0.2, -0.15) is 13.2 Å². The molecule has 9 heteroatoms. The number of carbonyl (C=O) groups is 2. The lowest BCUT2D eigenvalue weighted by Gasteiger charge is -2.29. The molecule has 0 saturated carbocycles.